The van der Waals surface area contributed by atoms with Gasteiger partial charge in [-0.25, -0.2) is 0 Å². The number of rotatable bonds is 5. The van der Waals surface area contributed by atoms with Crippen molar-refractivity contribution in [2.24, 2.45) is 0 Å². The molecule has 1 unspecified atom stereocenters. The van der Waals surface area contributed by atoms with E-state index in [-0.39, 0.29) is 0 Å². The molecule has 1 aliphatic rings. The van der Waals surface area contributed by atoms with Crippen LogP contribution in [0, 0.1) is 0 Å². The van der Waals surface area contributed by atoms with Gasteiger partial charge in [-0.05, 0) is 43.5 Å². The Bertz CT molecular complexity index is 362. The molecule has 0 saturated carbocycles. The van der Waals surface area contributed by atoms with Crippen LogP contribution in [0.25, 0.3) is 0 Å². The third kappa shape index (κ3) is 3.33. The first-order chi connectivity index (χ1) is 8.85. The van der Waals surface area contributed by atoms with Crippen molar-refractivity contribution < 1.29 is 0 Å². The molecule has 2 rings (SSSR count). The van der Waals surface area contributed by atoms with E-state index >= 15 is 0 Å². The second kappa shape index (κ2) is 6.91. The molecular weight excluding hydrogens is 220 g/mol. The van der Waals surface area contributed by atoms with E-state index in [1.54, 1.807) is 5.56 Å². The average Bonchev–Trinajstić information content (AvgIpc) is 2.62. The summed E-state index contributed by atoms with van der Waals surface area (Å²) in [6, 6.07) is 9.62. The Balaban J connectivity index is 2.06. The fourth-order valence-electron chi connectivity index (χ4n) is 2.88. The highest BCUT2D eigenvalue weighted by Crippen LogP contribution is 2.20. The molecule has 18 heavy (non-hydrogen) atoms. The van der Waals surface area contributed by atoms with Gasteiger partial charge in [0, 0.05) is 19.1 Å². The van der Waals surface area contributed by atoms with Crippen LogP contribution in [0.2, 0.25) is 0 Å². The zero-order valence-electron chi connectivity index (χ0n) is 11.8. The van der Waals surface area contributed by atoms with Gasteiger partial charge in [-0.3, -0.25) is 4.90 Å². The van der Waals surface area contributed by atoms with Crippen LogP contribution in [0.1, 0.15) is 37.8 Å². The van der Waals surface area contributed by atoms with Crippen LogP contribution in [0.3, 0.4) is 0 Å². The third-order valence-corrected chi connectivity index (χ3v) is 4.00. The molecule has 0 spiro atoms. The lowest BCUT2D eigenvalue weighted by atomic mass is 10.0. The second-order valence-electron chi connectivity index (χ2n) is 5.21. The molecule has 1 aromatic carbocycles. The van der Waals surface area contributed by atoms with E-state index in [4.69, 9.17) is 0 Å². The molecule has 2 nitrogen and oxygen atoms in total. The Kier molecular flexibility index (Phi) is 5.21. The lowest BCUT2D eigenvalue weighted by molar-refractivity contribution is 0.181. The van der Waals surface area contributed by atoms with Gasteiger partial charge in [-0.15, -0.1) is 0 Å². The fraction of sp³-hybridized carbons (Fsp3) is 0.625. The van der Waals surface area contributed by atoms with E-state index in [9.17, 15) is 0 Å². The lowest BCUT2D eigenvalue weighted by Gasteiger charge is -2.30. The predicted octanol–water partition coefficient (Wildman–Crippen LogP) is 2.82. The standard InChI is InChI=1S/C16H26N2/c1-3-16(12-17-4-2)18-11-7-10-14-8-5-6-9-15(14)13-18/h5-6,8-9,16-17H,3-4,7,10-13H2,1-2H3. The molecule has 1 aliphatic heterocycles. The molecular formula is C16H26N2. The molecule has 0 amide bonds. The molecule has 0 aliphatic carbocycles. The van der Waals surface area contributed by atoms with Crippen molar-refractivity contribution in [2.75, 3.05) is 19.6 Å². The molecule has 1 aromatic rings. The normalized spacial score (nSPS) is 18.1. The van der Waals surface area contributed by atoms with E-state index in [0.717, 1.165) is 19.6 Å². The van der Waals surface area contributed by atoms with Crippen molar-refractivity contribution >= 4 is 0 Å². The Morgan fingerprint density at radius 3 is 2.72 bits per heavy atom. The molecule has 1 atom stereocenters. The largest absolute Gasteiger partial charge is 0.315 e. The molecule has 0 radical (unpaired) electrons. The number of nitrogens with zero attached hydrogens (tertiary/aromatic N) is 1. The number of nitrogens with one attached hydrogen (secondary N) is 1. The summed E-state index contributed by atoms with van der Waals surface area (Å²) < 4.78 is 0. The lowest BCUT2D eigenvalue weighted by Crippen LogP contribution is -2.41. The maximum Gasteiger partial charge on any atom is 0.0239 e. The summed E-state index contributed by atoms with van der Waals surface area (Å²) in [7, 11) is 0. The number of benzene rings is 1. The topological polar surface area (TPSA) is 15.3 Å². The van der Waals surface area contributed by atoms with Gasteiger partial charge in [0.2, 0.25) is 0 Å². The molecule has 0 saturated heterocycles. The SMILES string of the molecule is CCNCC(CC)N1CCCc2ccccc2C1. The van der Waals surface area contributed by atoms with Gasteiger partial charge >= 0.3 is 0 Å². The van der Waals surface area contributed by atoms with Crippen molar-refractivity contribution in [3.63, 3.8) is 0 Å². The van der Waals surface area contributed by atoms with Crippen LogP contribution >= 0.6 is 0 Å². The summed E-state index contributed by atoms with van der Waals surface area (Å²) in [4.78, 5) is 2.66. The van der Waals surface area contributed by atoms with E-state index in [0.29, 0.717) is 6.04 Å². The van der Waals surface area contributed by atoms with Crippen molar-refractivity contribution in [1.29, 1.82) is 0 Å². The van der Waals surface area contributed by atoms with Crippen LogP contribution < -0.4 is 5.32 Å². The maximum atomic E-state index is 3.50. The monoisotopic (exact) mass is 246 g/mol. The Morgan fingerprint density at radius 1 is 1.22 bits per heavy atom. The van der Waals surface area contributed by atoms with Crippen LogP contribution in [0.5, 0.6) is 0 Å². The molecule has 0 aromatic heterocycles. The van der Waals surface area contributed by atoms with Gasteiger partial charge in [0.15, 0.2) is 0 Å². The highest BCUT2D eigenvalue weighted by atomic mass is 15.2. The van der Waals surface area contributed by atoms with Crippen molar-refractivity contribution in [3.8, 4) is 0 Å². The predicted molar refractivity (Wildman–Crippen MR) is 77.8 cm³/mol. The summed E-state index contributed by atoms with van der Waals surface area (Å²) in [5.74, 6) is 0. The summed E-state index contributed by atoms with van der Waals surface area (Å²) in [5, 5.41) is 3.50. The van der Waals surface area contributed by atoms with Gasteiger partial charge in [0.05, 0.1) is 0 Å². The number of fused-ring (bicyclic) bond motifs is 1. The molecule has 1 N–H and O–H groups in total. The fourth-order valence-corrected chi connectivity index (χ4v) is 2.88. The van der Waals surface area contributed by atoms with Crippen molar-refractivity contribution in [1.82, 2.24) is 10.2 Å². The minimum absolute atomic E-state index is 0.677. The first-order valence-electron chi connectivity index (χ1n) is 7.36. The van der Waals surface area contributed by atoms with Gasteiger partial charge in [-0.2, -0.15) is 0 Å². The highest BCUT2D eigenvalue weighted by molar-refractivity contribution is 5.28. The number of hydrogen-bond donors (Lipinski definition) is 1. The van der Waals surface area contributed by atoms with Crippen LogP contribution in [-0.2, 0) is 13.0 Å². The zero-order valence-corrected chi connectivity index (χ0v) is 11.8. The smallest absolute Gasteiger partial charge is 0.0239 e. The Labute approximate surface area is 111 Å². The van der Waals surface area contributed by atoms with E-state index in [1.165, 1.54) is 31.4 Å². The molecule has 2 heteroatoms. The van der Waals surface area contributed by atoms with Crippen LogP contribution in [0.15, 0.2) is 24.3 Å². The molecule has 0 bridgehead atoms. The van der Waals surface area contributed by atoms with Gasteiger partial charge < -0.3 is 5.32 Å². The molecule has 100 valence electrons. The zero-order chi connectivity index (χ0) is 12.8. The summed E-state index contributed by atoms with van der Waals surface area (Å²) in [6.07, 6.45) is 3.76. The average molecular weight is 246 g/mol. The summed E-state index contributed by atoms with van der Waals surface area (Å²) in [5.41, 5.74) is 3.09. The van der Waals surface area contributed by atoms with Crippen LogP contribution in [-0.4, -0.2) is 30.6 Å². The minimum atomic E-state index is 0.677. The van der Waals surface area contributed by atoms with E-state index in [1.807, 2.05) is 0 Å². The maximum absolute atomic E-state index is 3.50. The first kappa shape index (κ1) is 13.6. The second-order valence-corrected chi connectivity index (χ2v) is 5.21. The molecule has 1 heterocycles. The van der Waals surface area contributed by atoms with Gasteiger partial charge in [-0.1, -0.05) is 38.1 Å². The number of aryl methyl sites for hydroxylation is 1. The van der Waals surface area contributed by atoms with E-state index < -0.39 is 0 Å². The Morgan fingerprint density at radius 2 is 2.00 bits per heavy atom. The summed E-state index contributed by atoms with van der Waals surface area (Å²) >= 11 is 0. The summed E-state index contributed by atoms with van der Waals surface area (Å²) in [6.45, 7) is 9.04. The van der Waals surface area contributed by atoms with E-state index in [2.05, 4.69) is 48.3 Å². The van der Waals surface area contributed by atoms with Crippen LogP contribution in [0.4, 0.5) is 0 Å². The highest BCUT2D eigenvalue weighted by Gasteiger charge is 2.20. The minimum Gasteiger partial charge on any atom is -0.315 e. The third-order valence-electron chi connectivity index (χ3n) is 4.00. The Hall–Kier alpha value is -0.860. The number of likely N-dealkylation sites (N-methyl/N-ethyl adjacent to an activating group) is 1. The van der Waals surface area contributed by atoms with Crippen molar-refractivity contribution in [2.45, 2.75) is 45.7 Å². The quantitative estimate of drug-likeness (QED) is 0.859. The molecule has 0 fully saturated rings. The van der Waals surface area contributed by atoms with Crippen molar-refractivity contribution in [3.05, 3.63) is 35.4 Å². The van der Waals surface area contributed by atoms with Gasteiger partial charge in [0.25, 0.3) is 0 Å². The van der Waals surface area contributed by atoms with Gasteiger partial charge in [0.1, 0.15) is 0 Å². The first-order valence-corrected chi connectivity index (χ1v) is 7.36. The number of hydrogen-bond acceptors (Lipinski definition) is 2.